The predicted octanol–water partition coefficient (Wildman–Crippen LogP) is 5.15. The van der Waals surface area contributed by atoms with Crippen LogP contribution in [-0.2, 0) is 19.5 Å². The molecule has 1 atom stereocenters. The summed E-state index contributed by atoms with van der Waals surface area (Å²) < 4.78 is 38.9. The molecule has 2 aromatic carbocycles. The molecule has 39 heavy (non-hydrogen) atoms. The van der Waals surface area contributed by atoms with Gasteiger partial charge in [-0.1, -0.05) is 23.7 Å². The molecule has 2 heterocycles. The fourth-order valence-corrected chi connectivity index (χ4v) is 6.13. The smallest absolute Gasteiger partial charge is 0.348 e. The Hall–Kier alpha value is -3.74. The van der Waals surface area contributed by atoms with E-state index in [2.05, 4.69) is 14.7 Å². The van der Waals surface area contributed by atoms with E-state index in [1.807, 2.05) is 13.0 Å². The van der Waals surface area contributed by atoms with E-state index >= 15 is 0 Å². The molecule has 2 N–H and O–H groups in total. The molecule has 13 heteroatoms. The van der Waals surface area contributed by atoms with Crippen LogP contribution in [0.15, 0.2) is 52.2 Å². The lowest BCUT2D eigenvalue weighted by Crippen LogP contribution is -2.18. The molecule has 4 rings (SSSR count). The Balaban J connectivity index is 1.59. The van der Waals surface area contributed by atoms with Gasteiger partial charge in [-0.3, -0.25) is 9.52 Å². The number of carbonyl (C=O) groups excluding carboxylic acids is 2. The number of nitrogens with zero attached hydrogens (tertiary/aromatic N) is 1. The molecule has 0 saturated carbocycles. The Morgan fingerprint density at radius 2 is 1.90 bits per heavy atom. The number of H-pyrrole nitrogens is 1. The summed E-state index contributed by atoms with van der Waals surface area (Å²) >= 11 is 7.20. The maximum absolute atomic E-state index is 13.0. The molecule has 0 unspecified atom stereocenters. The van der Waals surface area contributed by atoms with Crippen molar-refractivity contribution in [2.75, 3.05) is 11.3 Å². The van der Waals surface area contributed by atoms with Gasteiger partial charge in [0.05, 0.1) is 27.5 Å². The van der Waals surface area contributed by atoms with E-state index in [9.17, 15) is 22.8 Å². The summed E-state index contributed by atoms with van der Waals surface area (Å²) in [5.74, 6) is -1.43. The Labute approximate surface area is 233 Å². The number of aromatic amines is 1. The highest BCUT2D eigenvalue weighted by molar-refractivity contribution is 7.92. The minimum Gasteiger partial charge on any atom is -0.462 e. The van der Waals surface area contributed by atoms with Crippen LogP contribution in [-0.4, -0.2) is 36.9 Å². The van der Waals surface area contributed by atoms with E-state index in [-0.39, 0.29) is 43.0 Å². The van der Waals surface area contributed by atoms with Gasteiger partial charge in [0.25, 0.3) is 15.6 Å². The van der Waals surface area contributed by atoms with Crippen LogP contribution >= 0.6 is 22.9 Å². The van der Waals surface area contributed by atoms with Crippen LogP contribution < -0.4 is 10.3 Å². The van der Waals surface area contributed by atoms with Crippen molar-refractivity contribution >= 4 is 60.8 Å². The van der Waals surface area contributed by atoms with E-state index in [0.29, 0.717) is 11.3 Å². The number of ether oxygens (including phenoxy) is 2. The third kappa shape index (κ3) is 5.97. The third-order valence-corrected chi connectivity index (χ3v) is 8.56. The lowest BCUT2D eigenvalue weighted by atomic mass is 10.2. The van der Waals surface area contributed by atoms with Crippen molar-refractivity contribution in [3.05, 3.63) is 85.2 Å². The number of hydrogen-bond acceptors (Lipinski definition) is 9. The van der Waals surface area contributed by atoms with Crippen LogP contribution in [0.1, 0.15) is 56.9 Å². The maximum atomic E-state index is 13.0. The zero-order chi connectivity index (χ0) is 28.5. The number of sulfonamides is 1. The first-order valence-corrected chi connectivity index (χ1v) is 14.4. The fraction of sp³-hybridized carbons (Fsp3) is 0.231. The number of halogens is 1. The van der Waals surface area contributed by atoms with Crippen LogP contribution in [0.3, 0.4) is 0 Å². The summed E-state index contributed by atoms with van der Waals surface area (Å²) in [6, 6.07) is 10.5. The van der Waals surface area contributed by atoms with Crippen molar-refractivity contribution in [3.8, 4) is 0 Å². The second-order valence-corrected chi connectivity index (χ2v) is 11.7. The fourth-order valence-electron chi connectivity index (χ4n) is 3.77. The summed E-state index contributed by atoms with van der Waals surface area (Å²) in [6.45, 7) is 6.80. The summed E-state index contributed by atoms with van der Waals surface area (Å²) in [5, 5.41) is 0.221. The van der Waals surface area contributed by atoms with Gasteiger partial charge in [0.2, 0.25) is 0 Å². The predicted molar refractivity (Wildman–Crippen MR) is 148 cm³/mol. The second-order valence-electron chi connectivity index (χ2n) is 8.57. The van der Waals surface area contributed by atoms with Gasteiger partial charge in [-0.25, -0.2) is 23.0 Å². The van der Waals surface area contributed by atoms with Gasteiger partial charge in [0, 0.05) is 5.69 Å². The van der Waals surface area contributed by atoms with Crippen molar-refractivity contribution in [1.82, 2.24) is 9.97 Å². The van der Waals surface area contributed by atoms with Gasteiger partial charge in [-0.15, -0.1) is 11.3 Å². The molecule has 10 nitrogen and oxygen atoms in total. The first-order chi connectivity index (χ1) is 18.4. The highest BCUT2D eigenvalue weighted by atomic mass is 35.5. The van der Waals surface area contributed by atoms with E-state index in [1.54, 1.807) is 32.0 Å². The molecule has 204 valence electrons. The molecule has 0 bridgehead atoms. The van der Waals surface area contributed by atoms with Crippen LogP contribution in [0.2, 0.25) is 5.02 Å². The average molecular weight is 590 g/mol. The number of thiophene rings is 1. The molecule has 0 radical (unpaired) electrons. The number of rotatable bonds is 8. The number of aromatic nitrogens is 2. The molecule has 0 aliphatic rings. The van der Waals surface area contributed by atoms with Crippen molar-refractivity contribution in [3.63, 3.8) is 0 Å². The first kappa shape index (κ1) is 28.3. The molecule has 2 aromatic heterocycles. The van der Waals surface area contributed by atoms with Crippen LogP contribution in [0.5, 0.6) is 0 Å². The highest BCUT2D eigenvalue weighted by Gasteiger charge is 2.25. The summed E-state index contributed by atoms with van der Waals surface area (Å²) in [4.78, 5) is 45.3. The SMILES string of the molecule is CCOC(=O)c1sc2nc([C@@H](C)OC(=O)c3cc(S(=O)(=O)Nc4cccc(C)c4)ccc3Cl)[nH]c(=O)c2c1C. The van der Waals surface area contributed by atoms with E-state index < -0.39 is 33.6 Å². The lowest BCUT2D eigenvalue weighted by Gasteiger charge is -2.14. The zero-order valence-electron chi connectivity index (χ0n) is 21.3. The molecule has 0 spiro atoms. The van der Waals surface area contributed by atoms with Gasteiger partial charge in [0.1, 0.15) is 9.71 Å². The van der Waals surface area contributed by atoms with Crippen LogP contribution in [0.25, 0.3) is 10.2 Å². The van der Waals surface area contributed by atoms with Gasteiger partial charge >= 0.3 is 11.9 Å². The maximum Gasteiger partial charge on any atom is 0.348 e. The van der Waals surface area contributed by atoms with Crippen molar-refractivity contribution in [1.29, 1.82) is 0 Å². The van der Waals surface area contributed by atoms with Gasteiger partial charge in [-0.05, 0) is 69.2 Å². The average Bonchev–Trinajstić information content (AvgIpc) is 3.20. The van der Waals surface area contributed by atoms with E-state index in [1.165, 1.54) is 19.1 Å². The number of esters is 2. The number of aryl methyl sites for hydroxylation is 2. The number of benzene rings is 2. The zero-order valence-corrected chi connectivity index (χ0v) is 23.7. The number of carbonyl (C=O) groups is 2. The molecular formula is C26H24ClN3O7S2. The van der Waals surface area contributed by atoms with Crippen molar-refractivity contribution in [2.45, 2.75) is 38.7 Å². The molecule has 0 amide bonds. The summed E-state index contributed by atoms with van der Waals surface area (Å²) in [7, 11) is -4.04. The number of hydrogen-bond donors (Lipinski definition) is 2. The Morgan fingerprint density at radius 3 is 2.59 bits per heavy atom. The Kier molecular flexibility index (Phi) is 8.09. The quantitative estimate of drug-likeness (QED) is 0.268. The van der Waals surface area contributed by atoms with Crippen LogP contribution in [0, 0.1) is 13.8 Å². The third-order valence-electron chi connectivity index (χ3n) is 5.69. The Morgan fingerprint density at radius 1 is 1.15 bits per heavy atom. The van der Waals surface area contributed by atoms with Gasteiger partial charge in [0.15, 0.2) is 11.9 Å². The number of nitrogens with one attached hydrogen (secondary N) is 2. The molecular weight excluding hydrogens is 566 g/mol. The summed E-state index contributed by atoms with van der Waals surface area (Å²) in [6.07, 6.45) is -1.04. The molecule has 0 saturated heterocycles. The van der Waals surface area contributed by atoms with Gasteiger partial charge < -0.3 is 14.5 Å². The van der Waals surface area contributed by atoms with Crippen LogP contribution in [0.4, 0.5) is 5.69 Å². The normalized spacial score (nSPS) is 12.2. The number of anilines is 1. The minimum absolute atomic E-state index is 0.0217. The summed E-state index contributed by atoms with van der Waals surface area (Å²) in [5.41, 5.74) is 0.987. The van der Waals surface area contributed by atoms with Crippen molar-refractivity contribution < 1.29 is 27.5 Å². The minimum atomic E-state index is -4.04. The molecule has 0 aliphatic heterocycles. The molecule has 0 aliphatic carbocycles. The highest BCUT2D eigenvalue weighted by Crippen LogP contribution is 2.29. The molecule has 0 fully saturated rings. The Bertz CT molecular complexity index is 1760. The number of fused-ring (bicyclic) bond motifs is 1. The molecule has 4 aromatic rings. The van der Waals surface area contributed by atoms with E-state index in [0.717, 1.165) is 23.0 Å². The largest absolute Gasteiger partial charge is 0.462 e. The topological polar surface area (TPSA) is 145 Å². The lowest BCUT2D eigenvalue weighted by molar-refractivity contribution is 0.0319. The van der Waals surface area contributed by atoms with Crippen molar-refractivity contribution in [2.24, 2.45) is 0 Å². The second kappa shape index (κ2) is 11.2. The van der Waals surface area contributed by atoms with Gasteiger partial charge in [-0.2, -0.15) is 0 Å². The standard InChI is InChI=1S/C26H24ClN3O7S2/c1-5-36-26(33)21-14(3)20-23(31)28-22(29-24(20)38-21)15(4)37-25(32)18-12-17(9-10-19(18)27)39(34,35)30-16-8-6-7-13(2)11-16/h6-12,15,30H,5H2,1-4H3,(H,28,29,31)/t15-/m1/s1. The first-order valence-electron chi connectivity index (χ1n) is 11.7. The monoisotopic (exact) mass is 589 g/mol. The van der Waals surface area contributed by atoms with E-state index in [4.69, 9.17) is 21.1 Å².